The van der Waals surface area contributed by atoms with Crippen molar-refractivity contribution >= 4 is 11.6 Å². The minimum atomic E-state index is 0.188. The molecule has 0 aliphatic carbocycles. The van der Waals surface area contributed by atoms with Gasteiger partial charge in [0.1, 0.15) is 11.5 Å². The van der Waals surface area contributed by atoms with E-state index in [1.54, 1.807) is 7.11 Å². The summed E-state index contributed by atoms with van der Waals surface area (Å²) < 4.78 is 11.0. The van der Waals surface area contributed by atoms with Crippen molar-refractivity contribution in [3.8, 4) is 11.5 Å². The van der Waals surface area contributed by atoms with Gasteiger partial charge in [-0.2, -0.15) is 0 Å². The van der Waals surface area contributed by atoms with Gasteiger partial charge in [0.2, 0.25) is 0 Å². The van der Waals surface area contributed by atoms with Crippen LogP contribution in [0.2, 0.25) is 5.02 Å². The van der Waals surface area contributed by atoms with Gasteiger partial charge in [0, 0.05) is 10.9 Å². The number of hydrogen-bond donors (Lipinski definition) is 1. The average Bonchev–Trinajstić information content (AvgIpc) is 2.53. The molecule has 0 saturated carbocycles. The van der Waals surface area contributed by atoms with E-state index in [0.29, 0.717) is 18.2 Å². The molecule has 0 bridgehead atoms. The van der Waals surface area contributed by atoms with Gasteiger partial charge < -0.3 is 15.2 Å². The summed E-state index contributed by atoms with van der Waals surface area (Å²) in [5, 5.41) is 0.703. The fourth-order valence-corrected chi connectivity index (χ4v) is 2.73. The lowest BCUT2D eigenvalue weighted by Gasteiger charge is -2.18. The topological polar surface area (TPSA) is 44.5 Å². The third-order valence-corrected chi connectivity index (χ3v) is 3.87. The molecule has 0 fully saturated rings. The summed E-state index contributed by atoms with van der Waals surface area (Å²) in [6.07, 6.45) is 0.774. The molecule has 0 radical (unpaired) electrons. The molecule has 0 saturated heterocycles. The molecular weight excluding hydrogens is 298 g/mol. The molecule has 0 aliphatic rings. The predicted molar refractivity (Wildman–Crippen MR) is 91.1 cm³/mol. The molecule has 4 heteroatoms. The fourth-order valence-electron chi connectivity index (χ4n) is 2.53. The maximum absolute atomic E-state index is 6.11. The van der Waals surface area contributed by atoms with Gasteiger partial charge in [0.15, 0.2) is 0 Å². The number of methoxy groups -OCH3 is 1. The van der Waals surface area contributed by atoms with Crippen molar-refractivity contribution in [1.82, 2.24) is 0 Å². The summed E-state index contributed by atoms with van der Waals surface area (Å²) in [7, 11) is 1.67. The Morgan fingerprint density at radius 1 is 1.18 bits per heavy atom. The van der Waals surface area contributed by atoms with Crippen LogP contribution in [0, 0.1) is 0 Å². The molecule has 1 unspecified atom stereocenters. The van der Waals surface area contributed by atoms with E-state index in [1.165, 1.54) is 0 Å². The zero-order valence-electron chi connectivity index (χ0n) is 13.0. The summed E-state index contributed by atoms with van der Waals surface area (Å²) in [6.45, 7) is 3.17. The van der Waals surface area contributed by atoms with Crippen LogP contribution in [0.5, 0.6) is 11.5 Å². The quantitative estimate of drug-likeness (QED) is 0.838. The van der Waals surface area contributed by atoms with Gasteiger partial charge >= 0.3 is 0 Å². The maximum Gasteiger partial charge on any atom is 0.122 e. The van der Waals surface area contributed by atoms with Crippen molar-refractivity contribution in [3.63, 3.8) is 0 Å². The van der Waals surface area contributed by atoms with Gasteiger partial charge in [0.25, 0.3) is 0 Å². The first kappa shape index (κ1) is 16.7. The average molecular weight is 320 g/mol. The fraction of sp³-hybridized carbons (Fsp3) is 0.333. The van der Waals surface area contributed by atoms with Crippen LogP contribution in [-0.2, 0) is 6.42 Å². The van der Waals surface area contributed by atoms with E-state index in [2.05, 4.69) is 12.1 Å². The minimum absolute atomic E-state index is 0.188. The van der Waals surface area contributed by atoms with Gasteiger partial charge in [-0.15, -0.1) is 0 Å². The smallest absolute Gasteiger partial charge is 0.122 e. The Morgan fingerprint density at radius 3 is 2.68 bits per heavy atom. The molecule has 0 aliphatic heterocycles. The third kappa shape index (κ3) is 4.15. The number of hydrogen-bond acceptors (Lipinski definition) is 3. The highest BCUT2D eigenvalue weighted by Crippen LogP contribution is 2.29. The Balaban J connectivity index is 2.25. The highest BCUT2D eigenvalue weighted by Gasteiger charge is 2.15. The highest BCUT2D eigenvalue weighted by atomic mass is 35.5. The van der Waals surface area contributed by atoms with Crippen molar-refractivity contribution in [2.75, 3.05) is 20.3 Å². The van der Waals surface area contributed by atoms with E-state index in [9.17, 15) is 0 Å². The lowest BCUT2D eigenvalue weighted by atomic mass is 9.91. The Bertz CT molecular complexity index is 616. The summed E-state index contributed by atoms with van der Waals surface area (Å²) in [5.74, 6) is 1.90. The van der Waals surface area contributed by atoms with Crippen molar-refractivity contribution in [2.45, 2.75) is 19.3 Å². The van der Waals surface area contributed by atoms with E-state index in [1.807, 2.05) is 37.3 Å². The summed E-state index contributed by atoms with van der Waals surface area (Å²) >= 11 is 6.11. The molecule has 2 N–H and O–H groups in total. The summed E-state index contributed by atoms with van der Waals surface area (Å²) in [4.78, 5) is 0. The van der Waals surface area contributed by atoms with Crippen LogP contribution in [0.25, 0.3) is 0 Å². The van der Waals surface area contributed by atoms with Gasteiger partial charge in [-0.25, -0.2) is 0 Å². The van der Waals surface area contributed by atoms with Crippen molar-refractivity contribution in [1.29, 1.82) is 0 Å². The number of ether oxygens (including phenoxy) is 2. The normalized spacial score (nSPS) is 12.0. The summed E-state index contributed by atoms with van der Waals surface area (Å²) in [6, 6.07) is 13.8. The number of benzene rings is 2. The van der Waals surface area contributed by atoms with Gasteiger partial charge in [-0.1, -0.05) is 23.7 Å². The molecule has 1 atom stereocenters. The Labute approximate surface area is 137 Å². The zero-order chi connectivity index (χ0) is 15.9. The zero-order valence-corrected chi connectivity index (χ0v) is 13.8. The van der Waals surface area contributed by atoms with E-state index >= 15 is 0 Å². The van der Waals surface area contributed by atoms with E-state index in [-0.39, 0.29) is 5.92 Å². The van der Waals surface area contributed by atoms with Crippen LogP contribution in [0.1, 0.15) is 24.0 Å². The summed E-state index contributed by atoms with van der Waals surface area (Å²) in [5.41, 5.74) is 8.22. The lowest BCUT2D eigenvalue weighted by molar-refractivity contribution is 0.339. The van der Waals surface area contributed by atoms with Crippen LogP contribution >= 0.6 is 11.6 Å². The Hall–Kier alpha value is -1.71. The largest absolute Gasteiger partial charge is 0.496 e. The first-order valence-corrected chi connectivity index (χ1v) is 7.81. The second-order valence-electron chi connectivity index (χ2n) is 5.10. The molecule has 0 spiro atoms. The predicted octanol–water partition coefficient (Wildman–Crippen LogP) is 4.03. The van der Waals surface area contributed by atoms with E-state index < -0.39 is 0 Å². The molecular formula is C18H22ClNO2. The van der Waals surface area contributed by atoms with Crippen molar-refractivity contribution in [3.05, 3.63) is 58.6 Å². The van der Waals surface area contributed by atoms with Gasteiger partial charge in [-0.05, 0) is 61.3 Å². The molecule has 118 valence electrons. The van der Waals surface area contributed by atoms with Crippen molar-refractivity contribution < 1.29 is 9.47 Å². The second kappa shape index (κ2) is 8.06. The Kier molecular flexibility index (Phi) is 6.10. The van der Waals surface area contributed by atoms with Gasteiger partial charge in [0.05, 0.1) is 13.7 Å². The number of rotatable bonds is 7. The Morgan fingerprint density at radius 2 is 2.00 bits per heavy atom. The van der Waals surface area contributed by atoms with E-state index in [0.717, 1.165) is 29.0 Å². The monoisotopic (exact) mass is 319 g/mol. The van der Waals surface area contributed by atoms with Crippen molar-refractivity contribution in [2.24, 2.45) is 5.73 Å². The molecule has 2 aromatic rings. The van der Waals surface area contributed by atoms with Crippen LogP contribution in [0.4, 0.5) is 0 Å². The number of nitrogens with two attached hydrogens (primary N) is 1. The van der Waals surface area contributed by atoms with Crippen LogP contribution in [0.3, 0.4) is 0 Å². The SMILES string of the molecule is CCOc1cccc(C(CN)Cc2cc(Cl)ccc2OC)c1. The first-order valence-electron chi connectivity index (χ1n) is 7.43. The molecule has 3 nitrogen and oxygen atoms in total. The maximum atomic E-state index is 6.11. The third-order valence-electron chi connectivity index (χ3n) is 3.63. The highest BCUT2D eigenvalue weighted by molar-refractivity contribution is 6.30. The molecule has 2 rings (SSSR count). The molecule has 0 amide bonds. The van der Waals surface area contributed by atoms with E-state index in [4.69, 9.17) is 26.8 Å². The molecule has 0 heterocycles. The van der Waals surface area contributed by atoms with Crippen LogP contribution in [-0.4, -0.2) is 20.3 Å². The number of halogens is 1. The van der Waals surface area contributed by atoms with Gasteiger partial charge in [-0.3, -0.25) is 0 Å². The molecule has 2 aromatic carbocycles. The first-order chi connectivity index (χ1) is 10.7. The van der Waals surface area contributed by atoms with Crippen LogP contribution < -0.4 is 15.2 Å². The molecule has 22 heavy (non-hydrogen) atoms. The standard InChI is InChI=1S/C18H22ClNO2/c1-3-22-17-6-4-5-13(11-17)15(12-20)9-14-10-16(19)7-8-18(14)21-2/h4-8,10-11,15H,3,9,12,20H2,1-2H3. The molecule has 0 aromatic heterocycles. The lowest BCUT2D eigenvalue weighted by Crippen LogP contribution is -2.15. The van der Waals surface area contributed by atoms with Crippen LogP contribution in [0.15, 0.2) is 42.5 Å². The minimum Gasteiger partial charge on any atom is -0.496 e. The second-order valence-corrected chi connectivity index (χ2v) is 5.53.